The van der Waals surface area contributed by atoms with Crippen molar-refractivity contribution in [3.05, 3.63) is 24.0 Å². The van der Waals surface area contributed by atoms with Gasteiger partial charge in [-0.2, -0.15) is 10.2 Å². The minimum Gasteiger partial charge on any atom is -0.480 e. The smallest absolute Gasteiger partial charge is 0.326 e. The summed E-state index contributed by atoms with van der Waals surface area (Å²) in [5.41, 5.74) is -0.0563. The second kappa shape index (κ2) is 4.95. The molecule has 1 N–H and O–H groups in total. The standard InChI is InChI=1S/C13H17N3O3/c1-13(2)5-3-7-16(10(13)12(18)19)11(17)9-4-6-14-15-8-9/h4,6,8,10H,3,5,7H2,1-2H3,(H,18,19). The van der Waals surface area contributed by atoms with Crippen molar-refractivity contribution in [3.63, 3.8) is 0 Å². The molecule has 1 aliphatic heterocycles. The highest BCUT2D eigenvalue weighted by atomic mass is 16.4. The molecule has 102 valence electrons. The number of hydrogen-bond acceptors (Lipinski definition) is 4. The van der Waals surface area contributed by atoms with E-state index in [1.54, 1.807) is 6.07 Å². The Morgan fingerprint density at radius 3 is 2.74 bits per heavy atom. The van der Waals surface area contributed by atoms with Crippen LogP contribution in [0.3, 0.4) is 0 Å². The van der Waals surface area contributed by atoms with E-state index < -0.39 is 17.4 Å². The molecule has 1 aromatic rings. The number of hydrogen-bond donors (Lipinski definition) is 1. The Hall–Kier alpha value is -1.98. The van der Waals surface area contributed by atoms with Crippen LogP contribution >= 0.6 is 0 Å². The molecule has 2 rings (SSSR count). The Morgan fingerprint density at radius 2 is 2.16 bits per heavy atom. The van der Waals surface area contributed by atoms with Gasteiger partial charge in [-0.05, 0) is 24.3 Å². The molecule has 1 amide bonds. The van der Waals surface area contributed by atoms with Gasteiger partial charge in [0.15, 0.2) is 0 Å². The van der Waals surface area contributed by atoms with Crippen LogP contribution in [0.1, 0.15) is 37.0 Å². The molecule has 1 atom stereocenters. The first kappa shape index (κ1) is 13.5. The number of piperidine rings is 1. The van der Waals surface area contributed by atoms with Gasteiger partial charge in [0, 0.05) is 6.54 Å². The highest BCUT2D eigenvalue weighted by Crippen LogP contribution is 2.35. The number of aliphatic carboxylic acids is 1. The molecular formula is C13H17N3O3. The third kappa shape index (κ3) is 2.57. The summed E-state index contributed by atoms with van der Waals surface area (Å²) in [7, 11) is 0. The van der Waals surface area contributed by atoms with Gasteiger partial charge in [0.05, 0.1) is 18.0 Å². The zero-order valence-electron chi connectivity index (χ0n) is 11.0. The number of amides is 1. The van der Waals surface area contributed by atoms with Gasteiger partial charge in [0.2, 0.25) is 0 Å². The second-order valence-electron chi connectivity index (χ2n) is 5.46. The van der Waals surface area contributed by atoms with Gasteiger partial charge in [-0.15, -0.1) is 0 Å². The number of aromatic nitrogens is 2. The van der Waals surface area contributed by atoms with E-state index in [0.717, 1.165) is 12.8 Å². The zero-order valence-corrected chi connectivity index (χ0v) is 11.0. The van der Waals surface area contributed by atoms with Crippen LogP contribution in [0.2, 0.25) is 0 Å². The maximum Gasteiger partial charge on any atom is 0.326 e. The van der Waals surface area contributed by atoms with Gasteiger partial charge in [-0.3, -0.25) is 4.79 Å². The summed E-state index contributed by atoms with van der Waals surface area (Å²) in [4.78, 5) is 25.3. The molecule has 1 aliphatic rings. The summed E-state index contributed by atoms with van der Waals surface area (Å²) in [5, 5.41) is 16.7. The summed E-state index contributed by atoms with van der Waals surface area (Å²) >= 11 is 0. The van der Waals surface area contributed by atoms with Crippen LogP contribution in [0, 0.1) is 5.41 Å². The Kier molecular flexibility index (Phi) is 3.50. The Morgan fingerprint density at radius 1 is 1.42 bits per heavy atom. The third-order valence-corrected chi connectivity index (χ3v) is 3.60. The summed E-state index contributed by atoms with van der Waals surface area (Å²) in [6.07, 6.45) is 4.39. The summed E-state index contributed by atoms with van der Waals surface area (Å²) in [5.74, 6) is -1.25. The molecule has 6 nitrogen and oxygen atoms in total. The van der Waals surface area contributed by atoms with Gasteiger partial charge >= 0.3 is 5.97 Å². The second-order valence-corrected chi connectivity index (χ2v) is 5.46. The Labute approximate surface area is 111 Å². The zero-order chi connectivity index (χ0) is 14.0. The fourth-order valence-electron chi connectivity index (χ4n) is 2.66. The van der Waals surface area contributed by atoms with Crippen LogP contribution in [-0.4, -0.2) is 44.7 Å². The van der Waals surface area contributed by atoms with Crippen molar-refractivity contribution in [2.24, 2.45) is 5.41 Å². The summed E-state index contributed by atoms with van der Waals surface area (Å²) < 4.78 is 0. The fourth-order valence-corrected chi connectivity index (χ4v) is 2.66. The molecule has 6 heteroatoms. The van der Waals surface area contributed by atoms with Crippen molar-refractivity contribution >= 4 is 11.9 Å². The van der Waals surface area contributed by atoms with Crippen molar-refractivity contribution in [3.8, 4) is 0 Å². The first-order chi connectivity index (χ1) is 8.93. The molecule has 1 unspecified atom stereocenters. The summed E-state index contributed by atoms with van der Waals surface area (Å²) in [6.45, 7) is 4.23. The minimum absolute atomic E-state index is 0.296. The minimum atomic E-state index is -0.958. The first-order valence-corrected chi connectivity index (χ1v) is 6.24. The van der Waals surface area contributed by atoms with Gasteiger partial charge in [0.1, 0.15) is 6.04 Å². The number of likely N-dealkylation sites (tertiary alicyclic amines) is 1. The van der Waals surface area contributed by atoms with E-state index in [4.69, 9.17) is 0 Å². The normalized spacial score (nSPS) is 22.0. The lowest BCUT2D eigenvalue weighted by Crippen LogP contribution is -2.56. The van der Waals surface area contributed by atoms with E-state index in [1.165, 1.54) is 17.3 Å². The third-order valence-electron chi connectivity index (χ3n) is 3.60. The number of carboxylic acids is 1. The van der Waals surface area contributed by atoms with Crippen LogP contribution in [0.25, 0.3) is 0 Å². The van der Waals surface area contributed by atoms with Gasteiger partial charge in [0.25, 0.3) is 5.91 Å². The molecule has 19 heavy (non-hydrogen) atoms. The fraction of sp³-hybridized carbons (Fsp3) is 0.538. The van der Waals surface area contributed by atoms with Crippen molar-refractivity contribution in [1.29, 1.82) is 0 Å². The molecule has 0 saturated carbocycles. The molecule has 0 aromatic carbocycles. The van der Waals surface area contributed by atoms with Gasteiger partial charge in [-0.1, -0.05) is 13.8 Å². The number of carbonyl (C=O) groups is 2. The Balaban J connectivity index is 2.32. The lowest BCUT2D eigenvalue weighted by atomic mass is 9.76. The monoisotopic (exact) mass is 263 g/mol. The molecule has 0 radical (unpaired) electrons. The molecular weight excluding hydrogens is 246 g/mol. The van der Waals surface area contributed by atoms with Gasteiger partial charge < -0.3 is 10.0 Å². The molecule has 1 saturated heterocycles. The molecule has 1 aromatic heterocycles. The van der Waals surface area contributed by atoms with E-state index in [-0.39, 0.29) is 5.91 Å². The number of rotatable bonds is 2. The lowest BCUT2D eigenvalue weighted by Gasteiger charge is -2.43. The molecule has 2 heterocycles. The van der Waals surface area contributed by atoms with E-state index in [1.807, 2.05) is 13.8 Å². The molecule has 1 fully saturated rings. The predicted octanol–water partition coefficient (Wildman–Crippen LogP) is 1.19. The number of carboxylic acid groups (broad SMARTS) is 1. The van der Waals surface area contributed by atoms with E-state index in [2.05, 4.69) is 10.2 Å². The summed E-state index contributed by atoms with van der Waals surface area (Å²) in [6, 6.07) is 0.748. The highest BCUT2D eigenvalue weighted by Gasteiger charge is 2.44. The van der Waals surface area contributed by atoms with E-state index >= 15 is 0 Å². The average Bonchev–Trinajstić information content (AvgIpc) is 2.37. The van der Waals surface area contributed by atoms with Crippen molar-refractivity contribution in [2.75, 3.05) is 6.54 Å². The van der Waals surface area contributed by atoms with Crippen LogP contribution in [0.5, 0.6) is 0 Å². The topological polar surface area (TPSA) is 83.4 Å². The Bertz CT molecular complexity index is 487. The van der Waals surface area contributed by atoms with Crippen molar-refractivity contribution < 1.29 is 14.7 Å². The van der Waals surface area contributed by atoms with Crippen LogP contribution in [-0.2, 0) is 4.79 Å². The van der Waals surface area contributed by atoms with Crippen LogP contribution < -0.4 is 0 Å². The first-order valence-electron chi connectivity index (χ1n) is 6.24. The SMILES string of the molecule is CC1(C)CCCN(C(=O)c2ccnnc2)C1C(=O)O. The predicted molar refractivity (Wildman–Crippen MR) is 67.5 cm³/mol. The largest absolute Gasteiger partial charge is 0.480 e. The average molecular weight is 263 g/mol. The molecule has 0 aliphatic carbocycles. The number of carbonyl (C=O) groups excluding carboxylic acids is 1. The van der Waals surface area contributed by atoms with Crippen molar-refractivity contribution in [2.45, 2.75) is 32.7 Å². The van der Waals surface area contributed by atoms with E-state index in [0.29, 0.717) is 12.1 Å². The molecule has 0 bridgehead atoms. The maximum absolute atomic E-state index is 12.4. The lowest BCUT2D eigenvalue weighted by molar-refractivity contribution is -0.148. The quantitative estimate of drug-likeness (QED) is 0.866. The van der Waals surface area contributed by atoms with E-state index in [9.17, 15) is 14.7 Å². The van der Waals surface area contributed by atoms with Crippen molar-refractivity contribution in [1.82, 2.24) is 15.1 Å². The highest BCUT2D eigenvalue weighted by molar-refractivity contribution is 5.96. The molecule has 0 spiro atoms. The van der Waals surface area contributed by atoms with Crippen LogP contribution in [0.4, 0.5) is 0 Å². The maximum atomic E-state index is 12.4. The van der Waals surface area contributed by atoms with Gasteiger partial charge in [-0.25, -0.2) is 4.79 Å². The number of nitrogens with zero attached hydrogens (tertiary/aromatic N) is 3. The van der Waals surface area contributed by atoms with Crippen LogP contribution in [0.15, 0.2) is 18.5 Å².